The highest BCUT2D eigenvalue weighted by atomic mass is 35.5. The summed E-state index contributed by atoms with van der Waals surface area (Å²) < 4.78 is 5.33. The van der Waals surface area contributed by atoms with Crippen LogP contribution in [0.3, 0.4) is 0 Å². The summed E-state index contributed by atoms with van der Waals surface area (Å²) in [7, 11) is 0. The van der Waals surface area contributed by atoms with Crippen molar-refractivity contribution < 1.29 is 9.53 Å². The molecule has 1 aliphatic rings. The van der Waals surface area contributed by atoms with Gasteiger partial charge in [-0.15, -0.1) is 0 Å². The van der Waals surface area contributed by atoms with Crippen LogP contribution in [0.1, 0.15) is 6.42 Å². The molecule has 1 fully saturated rings. The number of halogens is 1. The highest BCUT2D eigenvalue weighted by Crippen LogP contribution is 2.23. The third-order valence-electron chi connectivity index (χ3n) is 2.40. The maximum atomic E-state index is 11.5. The molecule has 0 saturated carbocycles. The molecule has 0 aromatic heterocycles. The summed E-state index contributed by atoms with van der Waals surface area (Å²) in [6.07, 6.45) is 1.10. The minimum absolute atomic E-state index is 0.0289. The molecule has 1 heterocycles. The van der Waals surface area contributed by atoms with E-state index in [1.54, 1.807) is 17.0 Å². The fraction of sp³-hybridized carbons (Fsp3) is 0.364. The van der Waals surface area contributed by atoms with Gasteiger partial charge in [-0.05, 0) is 18.6 Å². The first-order valence-corrected chi connectivity index (χ1v) is 5.30. The number of amides is 1. The Kier molecular flexibility index (Phi) is 3.11. The fourth-order valence-electron chi connectivity index (χ4n) is 1.36. The molecule has 0 radical (unpaired) electrons. The molecule has 1 aliphatic heterocycles. The van der Waals surface area contributed by atoms with Gasteiger partial charge in [0, 0.05) is 13.1 Å². The molecule has 1 saturated heterocycles. The van der Waals surface area contributed by atoms with E-state index in [0.717, 1.165) is 19.5 Å². The summed E-state index contributed by atoms with van der Waals surface area (Å²) in [6, 6.07) is 7.15. The van der Waals surface area contributed by atoms with Crippen molar-refractivity contribution in [3.8, 4) is 5.75 Å². The molecule has 15 heavy (non-hydrogen) atoms. The zero-order chi connectivity index (χ0) is 10.7. The standard InChI is InChI=1S/C11H12ClNO2/c12-9-4-1-2-5-10(9)15-8-11(14)13-6-3-7-13/h1-2,4-5H,3,6-8H2. The molecule has 0 atom stereocenters. The average molecular weight is 226 g/mol. The summed E-state index contributed by atoms with van der Waals surface area (Å²) in [5, 5.41) is 0.536. The van der Waals surface area contributed by atoms with E-state index >= 15 is 0 Å². The minimum Gasteiger partial charge on any atom is -0.482 e. The van der Waals surface area contributed by atoms with Crippen molar-refractivity contribution in [2.24, 2.45) is 0 Å². The lowest BCUT2D eigenvalue weighted by Gasteiger charge is -2.30. The molecule has 1 aromatic rings. The molecule has 2 rings (SSSR count). The van der Waals surface area contributed by atoms with Crippen LogP contribution in [-0.2, 0) is 4.79 Å². The molecular formula is C11H12ClNO2. The number of rotatable bonds is 3. The second-order valence-corrected chi connectivity index (χ2v) is 3.86. The van der Waals surface area contributed by atoms with Crippen molar-refractivity contribution in [1.82, 2.24) is 4.90 Å². The van der Waals surface area contributed by atoms with E-state index in [4.69, 9.17) is 16.3 Å². The van der Waals surface area contributed by atoms with E-state index in [1.165, 1.54) is 0 Å². The zero-order valence-electron chi connectivity index (χ0n) is 8.28. The predicted molar refractivity (Wildman–Crippen MR) is 58.1 cm³/mol. The number of para-hydroxylation sites is 1. The smallest absolute Gasteiger partial charge is 0.260 e. The van der Waals surface area contributed by atoms with Crippen LogP contribution in [0, 0.1) is 0 Å². The predicted octanol–water partition coefficient (Wildman–Crippen LogP) is 1.95. The molecule has 1 aromatic carbocycles. The zero-order valence-corrected chi connectivity index (χ0v) is 9.04. The van der Waals surface area contributed by atoms with Crippen molar-refractivity contribution in [2.75, 3.05) is 19.7 Å². The highest BCUT2D eigenvalue weighted by molar-refractivity contribution is 6.32. The quantitative estimate of drug-likeness (QED) is 0.787. The van der Waals surface area contributed by atoms with Crippen molar-refractivity contribution in [3.05, 3.63) is 29.3 Å². The molecule has 3 nitrogen and oxygen atoms in total. The first-order valence-electron chi connectivity index (χ1n) is 4.92. The first-order chi connectivity index (χ1) is 7.27. The van der Waals surface area contributed by atoms with Crippen LogP contribution in [0.15, 0.2) is 24.3 Å². The van der Waals surface area contributed by atoms with Crippen LogP contribution in [0.4, 0.5) is 0 Å². The van der Waals surface area contributed by atoms with Crippen LogP contribution in [-0.4, -0.2) is 30.5 Å². The maximum absolute atomic E-state index is 11.5. The topological polar surface area (TPSA) is 29.5 Å². The molecule has 0 spiro atoms. The van der Waals surface area contributed by atoms with Gasteiger partial charge in [0.2, 0.25) is 0 Å². The number of benzene rings is 1. The van der Waals surface area contributed by atoms with E-state index in [1.807, 2.05) is 12.1 Å². The lowest BCUT2D eigenvalue weighted by atomic mass is 10.2. The lowest BCUT2D eigenvalue weighted by Crippen LogP contribution is -2.44. The SMILES string of the molecule is O=C(COc1ccccc1Cl)N1CCC1. The van der Waals surface area contributed by atoms with Crippen LogP contribution in [0.2, 0.25) is 5.02 Å². The Bertz CT molecular complexity index is 363. The molecule has 1 amide bonds. The van der Waals surface area contributed by atoms with Gasteiger partial charge in [0.05, 0.1) is 5.02 Å². The van der Waals surface area contributed by atoms with E-state index in [0.29, 0.717) is 10.8 Å². The monoisotopic (exact) mass is 225 g/mol. The van der Waals surface area contributed by atoms with Gasteiger partial charge < -0.3 is 9.64 Å². The Balaban J connectivity index is 1.87. The van der Waals surface area contributed by atoms with Crippen LogP contribution in [0.5, 0.6) is 5.75 Å². The third-order valence-corrected chi connectivity index (χ3v) is 2.71. The normalized spacial score (nSPS) is 14.6. The Morgan fingerprint density at radius 2 is 2.13 bits per heavy atom. The van der Waals surface area contributed by atoms with Crippen molar-refractivity contribution in [2.45, 2.75) is 6.42 Å². The van der Waals surface area contributed by atoms with E-state index in [2.05, 4.69) is 0 Å². The van der Waals surface area contributed by atoms with E-state index in [-0.39, 0.29) is 12.5 Å². The summed E-state index contributed by atoms with van der Waals surface area (Å²) in [5.41, 5.74) is 0. The maximum Gasteiger partial charge on any atom is 0.260 e. The van der Waals surface area contributed by atoms with Gasteiger partial charge in [0.1, 0.15) is 5.75 Å². The Labute approximate surface area is 93.6 Å². The summed E-state index contributed by atoms with van der Waals surface area (Å²) in [4.78, 5) is 13.2. The second kappa shape index (κ2) is 4.53. The highest BCUT2D eigenvalue weighted by Gasteiger charge is 2.20. The van der Waals surface area contributed by atoms with E-state index < -0.39 is 0 Å². The van der Waals surface area contributed by atoms with Gasteiger partial charge in [-0.1, -0.05) is 23.7 Å². The molecular weight excluding hydrogens is 214 g/mol. The largest absolute Gasteiger partial charge is 0.482 e. The third kappa shape index (κ3) is 2.42. The Morgan fingerprint density at radius 3 is 2.73 bits per heavy atom. The summed E-state index contributed by atoms with van der Waals surface area (Å²) in [6.45, 7) is 1.78. The molecule has 0 bridgehead atoms. The van der Waals surface area contributed by atoms with Gasteiger partial charge >= 0.3 is 0 Å². The van der Waals surface area contributed by atoms with Crippen LogP contribution in [0.25, 0.3) is 0 Å². The molecule has 0 N–H and O–H groups in total. The molecule has 0 aliphatic carbocycles. The lowest BCUT2D eigenvalue weighted by molar-refractivity contribution is -0.136. The van der Waals surface area contributed by atoms with Gasteiger partial charge in [-0.2, -0.15) is 0 Å². The second-order valence-electron chi connectivity index (χ2n) is 3.45. The number of ether oxygens (including phenoxy) is 1. The van der Waals surface area contributed by atoms with Crippen LogP contribution >= 0.6 is 11.6 Å². The Hall–Kier alpha value is -1.22. The van der Waals surface area contributed by atoms with Crippen LogP contribution < -0.4 is 4.74 Å². The summed E-state index contributed by atoms with van der Waals surface area (Å²) in [5.74, 6) is 0.592. The number of likely N-dealkylation sites (tertiary alicyclic amines) is 1. The number of carbonyl (C=O) groups is 1. The van der Waals surface area contributed by atoms with Crippen molar-refractivity contribution >= 4 is 17.5 Å². The van der Waals surface area contributed by atoms with Crippen molar-refractivity contribution in [1.29, 1.82) is 0 Å². The van der Waals surface area contributed by atoms with Crippen molar-refractivity contribution in [3.63, 3.8) is 0 Å². The van der Waals surface area contributed by atoms with Gasteiger partial charge in [-0.25, -0.2) is 0 Å². The number of hydrogen-bond acceptors (Lipinski definition) is 2. The van der Waals surface area contributed by atoms with Gasteiger partial charge in [0.25, 0.3) is 5.91 Å². The first kappa shape index (κ1) is 10.3. The number of nitrogens with zero attached hydrogens (tertiary/aromatic N) is 1. The molecule has 0 unspecified atom stereocenters. The van der Waals surface area contributed by atoms with Gasteiger partial charge in [-0.3, -0.25) is 4.79 Å². The fourth-order valence-corrected chi connectivity index (χ4v) is 1.55. The average Bonchev–Trinajstić information content (AvgIpc) is 2.14. The Morgan fingerprint density at radius 1 is 1.40 bits per heavy atom. The number of carbonyl (C=O) groups excluding carboxylic acids is 1. The summed E-state index contributed by atoms with van der Waals surface area (Å²) >= 11 is 5.89. The molecule has 4 heteroatoms. The van der Waals surface area contributed by atoms with Gasteiger partial charge in [0.15, 0.2) is 6.61 Å². The van der Waals surface area contributed by atoms with E-state index in [9.17, 15) is 4.79 Å². The number of hydrogen-bond donors (Lipinski definition) is 0. The molecule has 80 valence electrons. The minimum atomic E-state index is 0.0289.